The van der Waals surface area contributed by atoms with Crippen LogP contribution in [-0.4, -0.2) is 23.2 Å². The number of phenolic OH excluding ortho intramolecular Hbond substituents is 1. The fraction of sp³-hybridized carbons (Fsp3) is 0.500. The van der Waals surface area contributed by atoms with E-state index in [2.05, 4.69) is 18.5 Å². The van der Waals surface area contributed by atoms with Gasteiger partial charge in [0.15, 0.2) is 0 Å². The van der Waals surface area contributed by atoms with E-state index in [0.717, 1.165) is 18.7 Å². The summed E-state index contributed by atoms with van der Waals surface area (Å²) in [5.41, 5.74) is 2.16. The third-order valence-corrected chi connectivity index (χ3v) is 3.36. The van der Waals surface area contributed by atoms with Crippen molar-refractivity contribution in [3.05, 3.63) is 29.3 Å². The normalized spacial score (nSPS) is 12.7. The van der Waals surface area contributed by atoms with Crippen molar-refractivity contribution in [3.8, 4) is 5.75 Å². The Morgan fingerprint density at radius 3 is 2.87 bits per heavy atom. The zero-order valence-corrected chi connectivity index (χ0v) is 10.4. The van der Waals surface area contributed by atoms with Gasteiger partial charge in [-0.25, -0.2) is 0 Å². The average Bonchev–Trinajstić information content (AvgIpc) is 2.23. The molecule has 0 aliphatic carbocycles. The largest absolute Gasteiger partial charge is 0.508 e. The molecule has 0 radical (unpaired) electrons. The second-order valence-corrected chi connectivity index (χ2v) is 5.09. The number of benzene rings is 1. The Balaban J connectivity index is 2.46. The molecule has 0 aliphatic rings. The molecule has 0 saturated heterocycles. The quantitative estimate of drug-likeness (QED) is 0.807. The number of phenols is 1. The summed E-state index contributed by atoms with van der Waals surface area (Å²) in [7, 11) is 0. The van der Waals surface area contributed by atoms with Crippen LogP contribution in [0.1, 0.15) is 18.1 Å². The van der Waals surface area contributed by atoms with E-state index in [1.165, 1.54) is 5.56 Å². The van der Waals surface area contributed by atoms with E-state index in [9.17, 15) is 5.11 Å². The predicted octanol–water partition coefficient (Wildman–Crippen LogP) is 2.54. The molecule has 0 saturated carbocycles. The van der Waals surface area contributed by atoms with Crippen molar-refractivity contribution >= 4 is 11.8 Å². The number of nitrogens with one attached hydrogen (secondary N) is 1. The van der Waals surface area contributed by atoms with Gasteiger partial charge < -0.3 is 10.4 Å². The Morgan fingerprint density at radius 1 is 1.47 bits per heavy atom. The molecular weight excluding hydrogens is 206 g/mol. The maximum atomic E-state index is 9.61. The first-order chi connectivity index (χ1) is 7.13. The molecule has 1 rings (SSSR count). The molecule has 0 aromatic heterocycles. The van der Waals surface area contributed by atoms with E-state index in [-0.39, 0.29) is 0 Å². The summed E-state index contributed by atoms with van der Waals surface area (Å²) in [5.74, 6) is 0.380. The third kappa shape index (κ3) is 4.14. The number of hydrogen-bond donors (Lipinski definition) is 2. The van der Waals surface area contributed by atoms with Crippen LogP contribution >= 0.6 is 11.8 Å². The van der Waals surface area contributed by atoms with Crippen LogP contribution in [-0.2, 0) is 6.54 Å². The summed E-state index contributed by atoms with van der Waals surface area (Å²) in [4.78, 5) is 0. The molecule has 0 fully saturated rings. The molecule has 0 amide bonds. The molecular formula is C12H19NOS. The zero-order chi connectivity index (χ0) is 11.3. The lowest BCUT2D eigenvalue weighted by Crippen LogP contribution is -2.22. The molecule has 1 aromatic carbocycles. The van der Waals surface area contributed by atoms with E-state index in [1.807, 2.05) is 30.8 Å². The Labute approximate surface area is 96.1 Å². The zero-order valence-electron chi connectivity index (χ0n) is 9.58. The topological polar surface area (TPSA) is 32.3 Å². The average molecular weight is 225 g/mol. The van der Waals surface area contributed by atoms with Crippen molar-refractivity contribution in [1.82, 2.24) is 5.32 Å². The SMILES string of the molecule is CSC(C)CNCc1cc(C)ccc1O. The van der Waals surface area contributed by atoms with Gasteiger partial charge in [-0.15, -0.1) is 0 Å². The van der Waals surface area contributed by atoms with Gasteiger partial charge >= 0.3 is 0 Å². The summed E-state index contributed by atoms with van der Waals surface area (Å²) in [6.45, 7) is 5.92. The second-order valence-electron chi connectivity index (χ2n) is 3.81. The fourth-order valence-electron chi connectivity index (χ4n) is 1.35. The molecule has 3 heteroatoms. The Morgan fingerprint density at radius 2 is 2.20 bits per heavy atom. The minimum absolute atomic E-state index is 0.380. The summed E-state index contributed by atoms with van der Waals surface area (Å²) in [6, 6.07) is 5.69. The number of aryl methyl sites for hydroxylation is 1. The van der Waals surface area contributed by atoms with Crippen LogP contribution in [0.25, 0.3) is 0 Å². The van der Waals surface area contributed by atoms with Crippen molar-refractivity contribution < 1.29 is 5.11 Å². The lowest BCUT2D eigenvalue weighted by Gasteiger charge is -2.11. The van der Waals surface area contributed by atoms with Gasteiger partial charge in [0.1, 0.15) is 5.75 Å². The maximum absolute atomic E-state index is 9.61. The Bertz CT molecular complexity index is 314. The Hall–Kier alpha value is -0.670. The van der Waals surface area contributed by atoms with Crippen molar-refractivity contribution in [2.24, 2.45) is 0 Å². The lowest BCUT2D eigenvalue weighted by atomic mass is 10.1. The number of rotatable bonds is 5. The summed E-state index contributed by atoms with van der Waals surface area (Å²) < 4.78 is 0. The van der Waals surface area contributed by atoms with Gasteiger partial charge in [0.2, 0.25) is 0 Å². The van der Waals surface area contributed by atoms with Crippen LogP contribution in [0.3, 0.4) is 0 Å². The third-order valence-electron chi connectivity index (χ3n) is 2.38. The molecule has 15 heavy (non-hydrogen) atoms. The maximum Gasteiger partial charge on any atom is 0.120 e. The molecule has 1 aromatic rings. The number of aromatic hydroxyl groups is 1. The molecule has 0 bridgehead atoms. The smallest absolute Gasteiger partial charge is 0.120 e. The Kier molecular flexibility index (Phi) is 4.99. The van der Waals surface area contributed by atoms with Gasteiger partial charge in [-0.1, -0.05) is 24.6 Å². The first kappa shape index (κ1) is 12.4. The highest BCUT2D eigenvalue weighted by atomic mass is 32.2. The lowest BCUT2D eigenvalue weighted by molar-refractivity contribution is 0.464. The molecule has 2 N–H and O–H groups in total. The fourth-order valence-corrected chi connectivity index (χ4v) is 1.63. The van der Waals surface area contributed by atoms with Crippen LogP contribution in [0.5, 0.6) is 5.75 Å². The molecule has 0 heterocycles. The summed E-state index contributed by atoms with van der Waals surface area (Å²) in [6.07, 6.45) is 2.11. The van der Waals surface area contributed by atoms with Crippen LogP contribution in [0.4, 0.5) is 0 Å². The molecule has 0 spiro atoms. The van der Waals surface area contributed by atoms with E-state index in [1.54, 1.807) is 6.07 Å². The van der Waals surface area contributed by atoms with Crippen LogP contribution < -0.4 is 5.32 Å². The predicted molar refractivity (Wildman–Crippen MR) is 67.5 cm³/mol. The van der Waals surface area contributed by atoms with Gasteiger partial charge in [0.05, 0.1) is 0 Å². The molecule has 0 aliphatic heterocycles. The van der Waals surface area contributed by atoms with Gasteiger partial charge in [-0.05, 0) is 19.2 Å². The first-order valence-corrected chi connectivity index (χ1v) is 6.44. The highest BCUT2D eigenvalue weighted by Crippen LogP contribution is 2.17. The highest BCUT2D eigenvalue weighted by molar-refractivity contribution is 7.99. The van der Waals surface area contributed by atoms with E-state index >= 15 is 0 Å². The number of hydrogen-bond acceptors (Lipinski definition) is 3. The number of thioether (sulfide) groups is 1. The van der Waals surface area contributed by atoms with Crippen LogP contribution in [0.15, 0.2) is 18.2 Å². The van der Waals surface area contributed by atoms with Gasteiger partial charge in [-0.2, -0.15) is 11.8 Å². The van der Waals surface area contributed by atoms with E-state index < -0.39 is 0 Å². The highest BCUT2D eigenvalue weighted by Gasteiger charge is 2.02. The van der Waals surface area contributed by atoms with Crippen molar-refractivity contribution in [2.75, 3.05) is 12.8 Å². The van der Waals surface area contributed by atoms with Crippen molar-refractivity contribution in [1.29, 1.82) is 0 Å². The second kappa shape index (κ2) is 6.03. The van der Waals surface area contributed by atoms with Gasteiger partial charge in [-0.3, -0.25) is 0 Å². The monoisotopic (exact) mass is 225 g/mol. The van der Waals surface area contributed by atoms with Gasteiger partial charge in [0.25, 0.3) is 0 Å². The summed E-state index contributed by atoms with van der Waals surface area (Å²) >= 11 is 1.84. The molecule has 1 unspecified atom stereocenters. The van der Waals surface area contributed by atoms with Crippen LogP contribution in [0, 0.1) is 6.92 Å². The van der Waals surface area contributed by atoms with Gasteiger partial charge in [0, 0.05) is 23.9 Å². The minimum Gasteiger partial charge on any atom is -0.508 e. The van der Waals surface area contributed by atoms with E-state index in [4.69, 9.17) is 0 Å². The molecule has 2 nitrogen and oxygen atoms in total. The van der Waals surface area contributed by atoms with E-state index in [0.29, 0.717) is 11.0 Å². The standard InChI is InChI=1S/C12H19NOS/c1-9-4-5-12(14)11(6-9)8-13-7-10(2)15-3/h4-6,10,13-14H,7-8H2,1-3H3. The van der Waals surface area contributed by atoms with Crippen LogP contribution in [0.2, 0.25) is 0 Å². The van der Waals surface area contributed by atoms with Crippen molar-refractivity contribution in [2.45, 2.75) is 25.6 Å². The first-order valence-electron chi connectivity index (χ1n) is 5.15. The summed E-state index contributed by atoms with van der Waals surface area (Å²) in [5, 5.41) is 13.6. The molecule has 1 atom stereocenters. The minimum atomic E-state index is 0.380. The van der Waals surface area contributed by atoms with Crippen molar-refractivity contribution in [3.63, 3.8) is 0 Å². The molecule has 84 valence electrons.